The first-order valence-electron chi connectivity index (χ1n) is 10.5. The number of hydrogen-bond donors (Lipinski definition) is 1. The number of carbonyl (C=O) groups is 1. The fraction of sp³-hybridized carbons (Fsp3) is 0.0800. The normalized spacial score (nSPS) is 13.7. The molecule has 1 N–H and O–H groups in total. The minimum atomic E-state index is -1.11. The van der Waals surface area contributed by atoms with E-state index in [0.29, 0.717) is 46.1 Å². The summed E-state index contributed by atoms with van der Waals surface area (Å²) in [5, 5.41) is 21.6. The standard InChI is InChI=1S/C25H16ClN3O6/c26-18-3-1-2-4-21(18)35-22-8-5-14(12-20(22)29(33)34)11-15-9-10-28-23(15)27-19-13-16(25(31)32)6-7-17(19)24(28)30/h1-8,11-13H,9-10H2,(H,31,32)/b15-11+. The predicted molar refractivity (Wildman–Crippen MR) is 130 cm³/mol. The van der Waals surface area contributed by atoms with Gasteiger partial charge in [-0.2, -0.15) is 0 Å². The molecule has 0 amide bonds. The number of nitro benzene ring substituents is 1. The molecule has 174 valence electrons. The third-order valence-electron chi connectivity index (χ3n) is 5.67. The molecule has 9 nitrogen and oxygen atoms in total. The lowest BCUT2D eigenvalue weighted by atomic mass is 10.1. The summed E-state index contributed by atoms with van der Waals surface area (Å²) >= 11 is 6.11. The third kappa shape index (κ3) is 4.13. The summed E-state index contributed by atoms with van der Waals surface area (Å²) < 4.78 is 7.20. The predicted octanol–water partition coefficient (Wildman–Crippen LogP) is 5.39. The second-order valence-electron chi connectivity index (χ2n) is 7.87. The van der Waals surface area contributed by atoms with Gasteiger partial charge in [0.1, 0.15) is 11.6 Å². The number of benzene rings is 3. The van der Waals surface area contributed by atoms with E-state index in [-0.39, 0.29) is 28.1 Å². The second-order valence-corrected chi connectivity index (χ2v) is 8.27. The molecule has 0 saturated carbocycles. The zero-order valence-corrected chi connectivity index (χ0v) is 18.7. The molecule has 0 bridgehead atoms. The summed E-state index contributed by atoms with van der Waals surface area (Å²) in [6.07, 6.45) is 2.22. The smallest absolute Gasteiger partial charge is 0.335 e. The molecule has 0 atom stereocenters. The Hall–Kier alpha value is -4.50. The Morgan fingerprint density at radius 1 is 1.14 bits per heavy atom. The van der Waals surface area contributed by atoms with Gasteiger partial charge in [-0.3, -0.25) is 19.5 Å². The molecule has 2 heterocycles. The van der Waals surface area contributed by atoms with Gasteiger partial charge in [-0.1, -0.05) is 29.8 Å². The third-order valence-corrected chi connectivity index (χ3v) is 5.98. The van der Waals surface area contributed by atoms with Crippen LogP contribution in [0.1, 0.15) is 28.2 Å². The zero-order valence-electron chi connectivity index (χ0n) is 18.0. The first-order valence-corrected chi connectivity index (χ1v) is 10.9. The molecule has 0 unspecified atom stereocenters. The van der Waals surface area contributed by atoms with Crippen LogP contribution in [0.3, 0.4) is 0 Å². The Morgan fingerprint density at radius 2 is 1.94 bits per heavy atom. The number of aromatic nitrogens is 2. The molecule has 0 aliphatic carbocycles. The van der Waals surface area contributed by atoms with Crippen LogP contribution in [0.15, 0.2) is 65.5 Å². The first-order chi connectivity index (χ1) is 16.8. The summed E-state index contributed by atoms with van der Waals surface area (Å²) in [6.45, 7) is 0.402. The molecule has 4 aromatic rings. The quantitative estimate of drug-likeness (QED) is 0.294. The number of fused-ring (bicyclic) bond motifs is 2. The molecule has 1 aliphatic heterocycles. The molecule has 0 saturated heterocycles. The molecule has 5 rings (SSSR count). The molecule has 0 radical (unpaired) electrons. The number of carboxylic acids is 1. The van der Waals surface area contributed by atoms with E-state index in [4.69, 9.17) is 16.3 Å². The molecule has 35 heavy (non-hydrogen) atoms. The number of allylic oxidation sites excluding steroid dienone is 1. The monoisotopic (exact) mass is 489 g/mol. The lowest BCUT2D eigenvalue weighted by Gasteiger charge is -2.09. The minimum Gasteiger partial charge on any atom is -0.478 e. The van der Waals surface area contributed by atoms with Crippen molar-refractivity contribution in [2.24, 2.45) is 0 Å². The number of ether oxygens (including phenoxy) is 1. The van der Waals surface area contributed by atoms with Gasteiger partial charge in [0.25, 0.3) is 5.56 Å². The maximum Gasteiger partial charge on any atom is 0.335 e. The highest BCUT2D eigenvalue weighted by Crippen LogP contribution is 2.36. The average molecular weight is 490 g/mol. The number of carboxylic acid groups (broad SMARTS) is 1. The van der Waals surface area contributed by atoms with Crippen molar-refractivity contribution in [2.45, 2.75) is 13.0 Å². The maximum atomic E-state index is 12.9. The molecule has 1 aromatic heterocycles. The van der Waals surface area contributed by atoms with Gasteiger partial charge in [0.15, 0.2) is 0 Å². The van der Waals surface area contributed by atoms with Gasteiger partial charge >= 0.3 is 11.7 Å². The van der Waals surface area contributed by atoms with Gasteiger partial charge in [-0.05, 0) is 60.0 Å². The Labute approximate surface area is 202 Å². The summed E-state index contributed by atoms with van der Waals surface area (Å²) in [6, 6.07) is 15.4. The van der Waals surface area contributed by atoms with Gasteiger partial charge in [0.2, 0.25) is 5.75 Å². The van der Waals surface area contributed by atoms with E-state index in [1.54, 1.807) is 36.4 Å². The number of nitrogens with zero attached hydrogens (tertiary/aromatic N) is 3. The summed E-state index contributed by atoms with van der Waals surface area (Å²) in [5.74, 6) is -0.372. The van der Waals surface area contributed by atoms with Crippen molar-refractivity contribution in [3.8, 4) is 11.5 Å². The number of halogens is 1. The van der Waals surface area contributed by atoms with E-state index in [2.05, 4.69) is 4.98 Å². The topological polar surface area (TPSA) is 125 Å². The molecule has 10 heteroatoms. The molecular formula is C25H16ClN3O6. The highest BCUT2D eigenvalue weighted by atomic mass is 35.5. The van der Waals surface area contributed by atoms with Crippen LogP contribution in [0, 0.1) is 10.1 Å². The first kappa shape index (κ1) is 22.3. The van der Waals surface area contributed by atoms with Crippen molar-refractivity contribution < 1.29 is 19.6 Å². The van der Waals surface area contributed by atoms with Crippen LogP contribution < -0.4 is 10.3 Å². The molecular weight excluding hydrogens is 474 g/mol. The molecule has 3 aromatic carbocycles. The van der Waals surface area contributed by atoms with Gasteiger partial charge in [-0.25, -0.2) is 9.78 Å². The fourth-order valence-electron chi connectivity index (χ4n) is 3.99. The van der Waals surface area contributed by atoms with Crippen LogP contribution in [-0.2, 0) is 6.54 Å². The summed E-state index contributed by atoms with van der Waals surface area (Å²) in [4.78, 5) is 40.0. The maximum absolute atomic E-state index is 12.9. The van der Waals surface area contributed by atoms with Crippen LogP contribution >= 0.6 is 11.6 Å². The van der Waals surface area contributed by atoms with Crippen molar-refractivity contribution in [3.05, 3.63) is 103 Å². The Balaban J connectivity index is 1.55. The van der Waals surface area contributed by atoms with Crippen molar-refractivity contribution in [2.75, 3.05) is 0 Å². The van der Waals surface area contributed by atoms with E-state index in [1.165, 1.54) is 34.9 Å². The van der Waals surface area contributed by atoms with E-state index >= 15 is 0 Å². The molecule has 0 spiro atoms. The van der Waals surface area contributed by atoms with Gasteiger partial charge in [0.05, 0.1) is 26.4 Å². The Kier molecular flexibility index (Phi) is 5.54. The molecule has 1 aliphatic rings. The van der Waals surface area contributed by atoms with Crippen LogP contribution in [-0.4, -0.2) is 25.6 Å². The summed E-state index contributed by atoms with van der Waals surface area (Å²) in [7, 11) is 0. The second kappa shape index (κ2) is 8.69. The SMILES string of the molecule is O=C(O)c1ccc2c(=O)n3c(nc2c1)/C(=C/c1ccc(Oc2ccccc2Cl)c([N+](=O)[O-])c1)CC3. The van der Waals surface area contributed by atoms with Crippen molar-refractivity contribution >= 4 is 45.8 Å². The Morgan fingerprint density at radius 3 is 2.69 bits per heavy atom. The van der Waals surface area contributed by atoms with Crippen molar-refractivity contribution in [1.29, 1.82) is 0 Å². The van der Waals surface area contributed by atoms with E-state index in [0.717, 1.165) is 0 Å². The fourth-order valence-corrected chi connectivity index (χ4v) is 4.16. The van der Waals surface area contributed by atoms with Crippen LogP contribution in [0.5, 0.6) is 11.5 Å². The number of nitro groups is 1. The average Bonchev–Trinajstić information content (AvgIpc) is 3.23. The zero-order chi connectivity index (χ0) is 24.7. The van der Waals surface area contributed by atoms with E-state index < -0.39 is 10.9 Å². The number of aromatic carboxylic acids is 1. The van der Waals surface area contributed by atoms with Crippen molar-refractivity contribution in [1.82, 2.24) is 9.55 Å². The lowest BCUT2D eigenvalue weighted by Crippen LogP contribution is -2.21. The number of para-hydroxylation sites is 1. The highest BCUT2D eigenvalue weighted by molar-refractivity contribution is 6.32. The van der Waals surface area contributed by atoms with Crippen molar-refractivity contribution in [3.63, 3.8) is 0 Å². The summed E-state index contributed by atoms with van der Waals surface area (Å²) in [5.41, 5.74) is 1.04. The van der Waals surface area contributed by atoms with Gasteiger partial charge < -0.3 is 9.84 Å². The number of hydrogen-bond acceptors (Lipinski definition) is 6. The molecule has 0 fully saturated rings. The largest absolute Gasteiger partial charge is 0.478 e. The van der Waals surface area contributed by atoms with Crippen LogP contribution in [0.25, 0.3) is 22.6 Å². The lowest BCUT2D eigenvalue weighted by molar-refractivity contribution is -0.385. The number of rotatable bonds is 5. The van der Waals surface area contributed by atoms with Gasteiger partial charge in [-0.15, -0.1) is 0 Å². The van der Waals surface area contributed by atoms with Crippen LogP contribution in [0.2, 0.25) is 5.02 Å². The van der Waals surface area contributed by atoms with Crippen LogP contribution in [0.4, 0.5) is 5.69 Å². The minimum absolute atomic E-state index is 0.0302. The van der Waals surface area contributed by atoms with E-state index in [9.17, 15) is 24.8 Å². The Bertz CT molecular complexity index is 1630. The van der Waals surface area contributed by atoms with E-state index in [1.807, 2.05) is 0 Å². The highest BCUT2D eigenvalue weighted by Gasteiger charge is 2.23. The van der Waals surface area contributed by atoms with Gasteiger partial charge in [0, 0.05) is 12.6 Å².